The van der Waals surface area contributed by atoms with Crippen LogP contribution < -0.4 is 0 Å². The van der Waals surface area contributed by atoms with Gasteiger partial charge in [0.2, 0.25) is 0 Å². The highest BCUT2D eigenvalue weighted by Gasteiger charge is 2.67. The Bertz CT molecular complexity index is 347. The number of aliphatic hydroxyl groups is 3. The summed E-state index contributed by atoms with van der Waals surface area (Å²) in [4.78, 5) is 13.5. The molecule has 6 heteroatoms. The molecule has 0 unspecified atom stereocenters. The van der Waals surface area contributed by atoms with Crippen LogP contribution in [0.2, 0.25) is 0 Å². The number of hydrogen-bond donors (Lipinski definition) is 3. The van der Waals surface area contributed by atoms with Crippen molar-refractivity contribution < 1.29 is 24.9 Å². The minimum Gasteiger partial charge on any atom is -0.444 e. The Hall–Kier alpha value is -0.850. The number of ether oxygens (including phenoxy) is 1. The Morgan fingerprint density at radius 3 is 2.33 bits per heavy atom. The van der Waals surface area contributed by atoms with Gasteiger partial charge in [0.15, 0.2) is 0 Å². The molecule has 0 aromatic carbocycles. The Kier molecular flexibility index (Phi) is 3.08. The zero-order chi connectivity index (χ0) is 13.7. The summed E-state index contributed by atoms with van der Waals surface area (Å²) in [7, 11) is 0. The van der Waals surface area contributed by atoms with Crippen molar-refractivity contribution >= 4 is 6.09 Å². The molecule has 18 heavy (non-hydrogen) atoms. The third-order valence-corrected chi connectivity index (χ3v) is 3.62. The molecule has 0 aromatic heterocycles. The van der Waals surface area contributed by atoms with Crippen molar-refractivity contribution in [1.82, 2.24) is 4.90 Å². The molecule has 1 heterocycles. The summed E-state index contributed by atoms with van der Waals surface area (Å²) >= 11 is 0. The minimum absolute atomic E-state index is 0.390. The van der Waals surface area contributed by atoms with Crippen molar-refractivity contribution in [2.75, 3.05) is 6.61 Å². The summed E-state index contributed by atoms with van der Waals surface area (Å²) in [6.45, 7) is 4.86. The lowest BCUT2D eigenvalue weighted by Crippen LogP contribution is -2.49. The maximum atomic E-state index is 12.1. The van der Waals surface area contributed by atoms with Gasteiger partial charge in [-0.1, -0.05) is 0 Å². The predicted octanol–water partition coefficient (Wildman–Crippen LogP) is -0.148. The number of likely N-dealkylation sites (tertiary alicyclic amines) is 1. The van der Waals surface area contributed by atoms with Gasteiger partial charge in [0.05, 0.1) is 18.2 Å². The Balaban J connectivity index is 2.22. The van der Waals surface area contributed by atoms with E-state index >= 15 is 0 Å². The van der Waals surface area contributed by atoms with Crippen LogP contribution in [0.15, 0.2) is 0 Å². The average molecular weight is 259 g/mol. The number of carbonyl (C=O) groups excluding carboxylic acids is 1. The van der Waals surface area contributed by atoms with Crippen molar-refractivity contribution in [1.29, 1.82) is 0 Å². The second kappa shape index (κ2) is 4.08. The lowest BCUT2D eigenvalue weighted by Gasteiger charge is -2.32. The second-order valence-electron chi connectivity index (χ2n) is 6.14. The summed E-state index contributed by atoms with van der Waals surface area (Å²) in [6, 6.07) is -0.794. The number of nitrogens with zero attached hydrogens (tertiary/aromatic N) is 1. The van der Waals surface area contributed by atoms with Gasteiger partial charge in [0, 0.05) is 0 Å². The van der Waals surface area contributed by atoms with E-state index in [1.807, 2.05) is 0 Å². The maximum absolute atomic E-state index is 12.1. The molecule has 6 nitrogen and oxygen atoms in total. The molecule has 1 aliphatic carbocycles. The van der Waals surface area contributed by atoms with Gasteiger partial charge in [0.1, 0.15) is 17.8 Å². The molecule has 3 atom stereocenters. The number of hydrogen-bond acceptors (Lipinski definition) is 5. The highest BCUT2D eigenvalue weighted by Crippen LogP contribution is 2.52. The molecular weight excluding hydrogens is 238 g/mol. The molecule has 2 rings (SSSR count). The number of aliphatic hydroxyl groups excluding tert-OH is 3. The topological polar surface area (TPSA) is 90.2 Å². The molecule has 104 valence electrons. The first-order chi connectivity index (χ1) is 8.23. The van der Waals surface area contributed by atoms with E-state index in [9.17, 15) is 20.1 Å². The fourth-order valence-electron chi connectivity index (χ4n) is 2.64. The standard InChI is InChI=1S/C12H21NO5/c1-11(2,3)18-10(17)13-7(6-14)8(15)9(16)12(13)4-5-12/h7-9,14-16H,4-6H2,1-3H3/t7-,8+,9-/m0/s1. The van der Waals surface area contributed by atoms with Gasteiger partial charge in [-0.25, -0.2) is 4.79 Å². The van der Waals surface area contributed by atoms with Crippen LogP contribution in [0.5, 0.6) is 0 Å². The van der Waals surface area contributed by atoms with Crippen molar-refractivity contribution in [2.24, 2.45) is 0 Å². The van der Waals surface area contributed by atoms with Crippen LogP contribution >= 0.6 is 0 Å². The van der Waals surface area contributed by atoms with Crippen LogP contribution in [0.3, 0.4) is 0 Å². The monoisotopic (exact) mass is 259 g/mol. The van der Waals surface area contributed by atoms with E-state index in [2.05, 4.69) is 0 Å². The van der Waals surface area contributed by atoms with E-state index in [-0.39, 0.29) is 6.61 Å². The summed E-state index contributed by atoms with van der Waals surface area (Å²) in [5, 5.41) is 29.2. The first kappa shape index (κ1) is 13.6. The lowest BCUT2D eigenvalue weighted by molar-refractivity contribution is -0.00274. The normalized spacial score (nSPS) is 33.9. The Labute approximate surface area is 106 Å². The third kappa shape index (κ3) is 1.98. The quantitative estimate of drug-likeness (QED) is 0.609. The largest absolute Gasteiger partial charge is 0.444 e. The molecule has 1 saturated heterocycles. The van der Waals surface area contributed by atoms with Crippen LogP contribution in [0, 0.1) is 0 Å². The SMILES string of the molecule is CC(C)(C)OC(=O)N1[C@@H](CO)[C@@H](O)[C@H](O)C12CC2. The number of carbonyl (C=O) groups is 1. The van der Waals surface area contributed by atoms with Crippen molar-refractivity contribution in [3.8, 4) is 0 Å². The summed E-state index contributed by atoms with van der Waals surface area (Å²) in [6.07, 6.45) is -1.47. The summed E-state index contributed by atoms with van der Waals surface area (Å²) < 4.78 is 5.28. The zero-order valence-corrected chi connectivity index (χ0v) is 11.0. The fraction of sp³-hybridized carbons (Fsp3) is 0.917. The maximum Gasteiger partial charge on any atom is 0.411 e. The third-order valence-electron chi connectivity index (χ3n) is 3.62. The molecule has 2 aliphatic rings. The van der Waals surface area contributed by atoms with Crippen LogP contribution in [0.4, 0.5) is 4.79 Å². The van der Waals surface area contributed by atoms with Crippen molar-refractivity contribution in [3.63, 3.8) is 0 Å². The fourth-order valence-corrected chi connectivity index (χ4v) is 2.64. The van der Waals surface area contributed by atoms with E-state index in [0.29, 0.717) is 12.8 Å². The van der Waals surface area contributed by atoms with E-state index in [4.69, 9.17) is 4.74 Å². The Morgan fingerprint density at radius 1 is 1.39 bits per heavy atom. The highest BCUT2D eigenvalue weighted by atomic mass is 16.6. The van der Waals surface area contributed by atoms with Gasteiger partial charge in [0.25, 0.3) is 0 Å². The minimum atomic E-state index is -1.12. The Morgan fingerprint density at radius 2 is 1.94 bits per heavy atom. The van der Waals surface area contributed by atoms with Crippen LogP contribution in [0.1, 0.15) is 33.6 Å². The van der Waals surface area contributed by atoms with Gasteiger partial charge in [-0.3, -0.25) is 4.90 Å². The van der Waals surface area contributed by atoms with Gasteiger partial charge >= 0.3 is 6.09 Å². The van der Waals surface area contributed by atoms with Gasteiger partial charge in [-0.05, 0) is 33.6 Å². The molecule has 3 N–H and O–H groups in total. The molecule has 0 bridgehead atoms. The van der Waals surface area contributed by atoms with Crippen molar-refractivity contribution in [3.05, 3.63) is 0 Å². The van der Waals surface area contributed by atoms with E-state index in [0.717, 1.165) is 0 Å². The van der Waals surface area contributed by atoms with Crippen LogP contribution in [-0.2, 0) is 4.74 Å². The van der Waals surface area contributed by atoms with Crippen LogP contribution in [-0.4, -0.2) is 62.3 Å². The lowest BCUT2D eigenvalue weighted by atomic mass is 10.1. The van der Waals surface area contributed by atoms with E-state index in [1.54, 1.807) is 20.8 Å². The summed E-state index contributed by atoms with van der Waals surface area (Å²) in [5.41, 5.74) is -1.39. The molecule has 1 aliphatic heterocycles. The molecule has 1 spiro atoms. The predicted molar refractivity (Wildman–Crippen MR) is 62.9 cm³/mol. The molecular formula is C12H21NO5. The zero-order valence-electron chi connectivity index (χ0n) is 11.0. The van der Waals surface area contributed by atoms with Gasteiger partial charge in [-0.15, -0.1) is 0 Å². The molecule has 1 amide bonds. The average Bonchev–Trinajstić information content (AvgIpc) is 2.98. The van der Waals surface area contributed by atoms with E-state index < -0.39 is 35.5 Å². The molecule has 0 aromatic rings. The number of amides is 1. The summed E-state index contributed by atoms with van der Waals surface area (Å²) in [5.74, 6) is 0. The highest BCUT2D eigenvalue weighted by molar-refractivity contribution is 5.71. The molecule has 1 saturated carbocycles. The smallest absolute Gasteiger partial charge is 0.411 e. The van der Waals surface area contributed by atoms with Crippen molar-refractivity contribution in [2.45, 2.75) is 63.0 Å². The molecule has 2 fully saturated rings. The number of rotatable bonds is 1. The van der Waals surface area contributed by atoms with Gasteiger partial charge in [-0.2, -0.15) is 0 Å². The first-order valence-electron chi connectivity index (χ1n) is 6.22. The first-order valence-corrected chi connectivity index (χ1v) is 6.22. The molecule has 0 radical (unpaired) electrons. The van der Waals surface area contributed by atoms with Crippen LogP contribution in [0.25, 0.3) is 0 Å². The second-order valence-corrected chi connectivity index (χ2v) is 6.14. The van der Waals surface area contributed by atoms with Gasteiger partial charge < -0.3 is 20.1 Å². The van der Waals surface area contributed by atoms with E-state index in [1.165, 1.54) is 4.90 Å².